The molecule has 2 unspecified atom stereocenters. The van der Waals surface area contributed by atoms with Crippen molar-refractivity contribution in [2.45, 2.75) is 32.2 Å². The van der Waals surface area contributed by atoms with E-state index in [0.29, 0.717) is 0 Å². The molecule has 2 rings (SSSR count). The molecule has 0 saturated carbocycles. The summed E-state index contributed by atoms with van der Waals surface area (Å²) in [4.78, 5) is 2.74. The summed E-state index contributed by atoms with van der Waals surface area (Å²) in [5, 5.41) is 3.55. The van der Waals surface area contributed by atoms with Gasteiger partial charge in [-0.1, -0.05) is 6.92 Å². The predicted molar refractivity (Wildman–Crippen MR) is 68.6 cm³/mol. The van der Waals surface area contributed by atoms with Gasteiger partial charge in [0.1, 0.15) is 0 Å². The highest BCUT2D eigenvalue weighted by Crippen LogP contribution is 2.26. The predicted octanol–water partition coefficient (Wildman–Crippen LogP) is 1.81. The zero-order valence-corrected chi connectivity index (χ0v) is 10.7. The lowest BCUT2D eigenvalue weighted by Gasteiger charge is -2.37. The lowest BCUT2D eigenvalue weighted by molar-refractivity contribution is 0.126. The first kappa shape index (κ1) is 11.7. The third kappa shape index (κ3) is 3.11. The number of piperidine rings is 1. The molecule has 88 valence electrons. The highest BCUT2D eigenvalue weighted by Gasteiger charge is 2.34. The van der Waals surface area contributed by atoms with Crippen molar-refractivity contribution in [1.29, 1.82) is 0 Å². The molecule has 2 saturated heterocycles. The van der Waals surface area contributed by atoms with Gasteiger partial charge in [-0.15, -0.1) is 0 Å². The Hall–Kier alpha value is 0.270. The van der Waals surface area contributed by atoms with E-state index in [-0.39, 0.29) is 0 Å². The van der Waals surface area contributed by atoms with Crippen LogP contribution in [0.15, 0.2) is 0 Å². The number of nitrogens with zero attached hydrogens (tertiary/aromatic N) is 1. The van der Waals surface area contributed by atoms with Crippen LogP contribution in [-0.4, -0.2) is 48.6 Å². The van der Waals surface area contributed by atoms with E-state index in [2.05, 4.69) is 28.9 Å². The minimum absolute atomic E-state index is 0.866. The fraction of sp³-hybridized carbons (Fsp3) is 1.00. The summed E-state index contributed by atoms with van der Waals surface area (Å²) >= 11 is 2.08. The van der Waals surface area contributed by atoms with E-state index in [1.807, 2.05) is 0 Å². The molecule has 2 heterocycles. The molecule has 2 atom stereocenters. The molecular formula is C12H24N2S. The van der Waals surface area contributed by atoms with Crippen LogP contribution in [0.4, 0.5) is 0 Å². The number of rotatable bonds is 5. The molecule has 0 bridgehead atoms. The fourth-order valence-corrected chi connectivity index (χ4v) is 3.58. The van der Waals surface area contributed by atoms with Crippen molar-refractivity contribution >= 4 is 11.8 Å². The first-order valence-electron chi connectivity index (χ1n) is 6.44. The number of likely N-dealkylation sites (tertiary alicyclic amines) is 1. The van der Waals surface area contributed by atoms with Gasteiger partial charge in [-0.05, 0) is 56.3 Å². The SMILES string of the molecule is CCSCCCN1CCCC2CNCC21. The number of hydrogen-bond donors (Lipinski definition) is 1. The Morgan fingerprint density at radius 3 is 3.20 bits per heavy atom. The molecule has 2 fully saturated rings. The van der Waals surface area contributed by atoms with E-state index in [9.17, 15) is 0 Å². The van der Waals surface area contributed by atoms with Crippen molar-refractivity contribution in [1.82, 2.24) is 10.2 Å². The Kier molecular flexibility index (Phi) is 4.79. The first-order chi connectivity index (χ1) is 7.42. The summed E-state index contributed by atoms with van der Waals surface area (Å²) in [6, 6.07) is 0.866. The zero-order valence-electron chi connectivity index (χ0n) is 9.87. The molecule has 2 aliphatic heterocycles. The summed E-state index contributed by atoms with van der Waals surface area (Å²) in [6.07, 6.45) is 4.25. The quantitative estimate of drug-likeness (QED) is 0.723. The molecule has 15 heavy (non-hydrogen) atoms. The van der Waals surface area contributed by atoms with Crippen molar-refractivity contribution in [2.75, 3.05) is 37.7 Å². The summed E-state index contributed by atoms with van der Waals surface area (Å²) in [7, 11) is 0. The molecule has 0 aromatic rings. The monoisotopic (exact) mass is 228 g/mol. The maximum atomic E-state index is 3.55. The maximum absolute atomic E-state index is 3.55. The maximum Gasteiger partial charge on any atom is 0.0260 e. The van der Waals surface area contributed by atoms with E-state index in [0.717, 1.165) is 12.0 Å². The van der Waals surface area contributed by atoms with Crippen LogP contribution in [-0.2, 0) is 0 Å². The van der Waals surface area contributed by atoms with Crippen LogP contribution in [0.25, 0.3) is 0 Å². The largest absolute Gasteiger partial charge is 0.315 e. The number of hydrogen-bond acceptors (Lipinski definition) is 3. The molecule has 0 aliphatic carbocycles. The first-order valence-corrected chi connectivity index (χ1v) is 7.59. The molecule has 0 aromatic carbocycles. The van der Waals surface area contributed by atoms with Crippen LogP contribution in [0, 0.1) is 5.92 Å². The van der Waals surface area contributed by atoms with E-state index < -0.39 is 0 Å². The summed E-state index contributed by atoms with van der Waals surface area (Å²) in [6.45, 7) is 7.44. The van der Waals surface area contributed by atoms with Gasteiger partial charge >= 0.3 is 0 Å². The molecule has 0 radical (unpaired) electrons. The van der Waals surface area contributed by atoms with Gasteiger partial charge in [0.05, 0.1) is 0 Å². The van der Waals surface area contributed by atoms with E-state index in [1.54, 1.807) is 0 Å². The van der Waals surface area contributed by atoms with E-state index >= 15 is 0 Å². The topological polar surface area (TPSA) is 15.3 Å². The van der Waals surface area contributed by atoms with Crippen molar-refractivity contribution in [3.05, 3.63) is 0 Å². The lowest BCUT2D eigenvalue weighted by Crippen LogP contribution is -2.45. The van der Waals surface area contributed by atoms with Crippen LogP contribution < -0.4 is 5.32 Å². The van der Waals surface area contributed by atoms with Crippen LogP contribution in [0.3, 0.4) is 0 Å². The number of fused-ring (bicyclic) bond motifs is 1. The van der Waals surface area contributed by atoms with Crippen LogP contribution >= 0.6 is 11.8 Å². The van der Waals surface area contributed by atoms with Gasteiger partial charge in [-0.3, -0.25) is 4.90 Å². The van der Waals surface area contributed by atoms with E-state index in [4.69, 9.17) is 0 Å². The number of thioether (sulfide) groups is 1. The highest BCUT2D eigenvalue weighted by atomic mass is 32.2. The van der Waals surface area contributed by atoms with Crippen molar-refractivity contribution in [3.63, 3.8) is 0 Å². The Balaban J connectivity index is 1.71. The van der Waals surface area contributed by atoms with Gasteiger partial charge < -0.3 is 5.32 Å². The minimum atomic E-state index is 0.866. The molecule has 2 nitrogen and oxygen atoms in total. The van der Waals surface area contributed by atoms with Crippen molar-refractivity contribution in [3.8, 4) is 0 Å². The molecule has 0 aromatic heterocycles. The third-order valence-corrected chi connectivity index (χ3v) is 4.72. The lowest BCUT2D eigenvalue weighted by atomic mass is 9.92. The normalized spacial score (nSPS) is 31.8. The second-order valence-corrected chi connectivity index (χ2v) is 6.11. The second kappa shape index (κ2) is 6.12. The zero-order chi connectivity index (χ0) is 10.5. The van der Waals surface area contributed by atoms with Crippen molar-refractivity contribution < 1.29 is 0 Å². The average molecular weight is 228 g/mol. The molecule has 0 amide bonds. The Labute approximate surface area is 98.2 Å². The van der Waals surface area contributed by atoms with Crippen LogP contribution in [0.2, 0.25) is 0 Å². The van der Waals surface area contributed by atoms with Crippen LogP contribution in [0.1, 0.15) is 26.2 Å². The smallest absolute Gasteiger partial charge is 0.0260 e. The molecule has 1 N–H and O–H groups in total. The third-order valence-electron chi connectivity index (χ3n) is 3.73. The Bertz CT molecular complexity index is 186. The average Bonchev–Trinajstić information content (AvgIpc) is 2.73. The van der Waals surface area contributed by atoms with Gasteiger partial charge in [0.15, 0.2) is 0 Å². The summed E-state index contributed by atoms with van der Waals surface area (Å²) in [5.41, 5.74) is 0. The molecule has 2 aliphatic rings. The van der Waals surface area contributed by atoms with Gasteiger partial charge in [-0.2, -0.15) is 11.8 Å². The summed E-state index contributed by atoms with van der Waals surface area (Å²) < 4.78 is 0. The van der Waals surface area contributed by atoms with Gasteiger partial charge in [-0.25, -0.2) is 0 Å². The van der Waals surface area contributed by atoms with Gasteiger partial charge in [0, 0.05) is 12.6 Å². The Morgan fingerprint density at radius 2 is 2.33 bits per heavy atom. The van der Waals surface area contributed by atoms with E-state index in [1.165, 1.54) is 56.9 Å². The standard InChI is InChI=1S/C12H24N2S/c1-2-15-8-4-7-14-6-3-5-11-9-13-10-12(11)14/h11-13H,2-10H2,1H3. The fourth-order valence-electron chi connectivity index (χ4n) is 2.96. The molecule has 0 spiro atoms. The summed E-state index contributed by atoms with van der Waals surface area (Å²) in [5.74, 6) is 3.57. The van der Waals surface area contributed by atoms with Crippen molar-refractivity contribution in [2.24, 2.45) is 5.92 Å². The highest BCUT2D eigenvalue weighted by molar-refractivity contribution is 7.99. The minimum Gasteiger partial charge on any atom is -0.315 e. The molecule has 3 heteroatoms. The van der Waals surface area contributed by atoms with Gasteiger partial charge in [0.2, 0.25) is 0 Å². The van der Waals surface area contributed by atoms with Crippen LogP contribution in [0.5, 0.6) is 0 Å². The number of nitrogens with one attached hydrogen (secondary N) is 1. The Morgan fingerprint density at radius 1 is 1.40 bits per heavy atom. The molecular weight excluding hydrogens is 204 g/mol. The van der Waals surface area contributed by atoms with Gasteiger partial charge in [0.25, 0.3) is 0 Å². The second-order valence-electron chi connectivity index (χ2n) is 4.71.